The molecule has 0 fully saturated rings. The van der Waals surface area contributed by atoms with Gasteiger partial charge in [-0.1, -0.05) is 48.9 Å². The van der Waals surface area contributed by atoms with E-state index in [0.29, 0.717) is 10.2 Å². The van der Waals surface area contributed by atoms with Crippen LogP contribution in [0.4, 0.5) is 10.8 Å². The number of amides is 1. The van der Waals surface area contributed by atoms with E-state index in [2.05, 4.69) is 45.5 Å². The highest BCUT2D eigenvalue weighted by atomic mass is 32.1. The van der Waals surface area contributed by atoms with Gasteiger partial charge in [-0.3, -0.25) is 15.6 Å². The highest BCUT2D eigenvalue weighted by Crippen LogP contribution is 2.24. The molecule has 28 heavy (non-hydrogen) atoms. The average molecular weight is 414 g/mol. The molecule has 0 radical (unpaired) electrons. The lowest BCUT2D eigenvalue weighted by Crippen LogP contribution is -2.45. The predicted molar refractivity (Wildman–Crippen MR) is 121 cm³/mol. The Hall–Kier alpha value is -2.71. The molecule has 1 amide bonds. The molecule has 0 aliphatic heterocycles. The van der Waals surface area contributed by atoms with E-state index in [1.165, 1.54) is 29.7 Å². The molecule has 0 spiro atoms. The van der Waals surface area contributed by atoms with E-state index in [-0.39, 0.29) is 12.5 Å². The van der Waals surface area contributed by atoms with Gasteiger partial charge in [0, 0.05) is 5.69 Å². The van der Waals surface area contributed by atoms with Crippen molar-refractivity contribution in [2.24, 2.45) is 0 Å². The van der Waals surface area contributed by atoms with Gasteiger partial charge in [0.1, 0.15) is 0 Å². The maximum absolute atomic E-state index is 12.0. The number of nitrogens with zero attached hydrogens (tertiary/aromatic N) is 1. The molecule has 0 bridgehead atoms. The minimum Gasteiger partial charge on any atom is -0.352 e. The van der Waals surface area contributed by atoms with Crippen molar-refractivity contribution < 1.29 is 4.79 Å². The number of fused-ring (bicyclic) bond motifs is 1. The number of para-hydroxylation sites is 1. The van der Waals surface area contributed by atoms with Gasteiger partial charge in [-0.15, -0.1) is 0 Å². The summed E-state index contributed by atoms with van der Waals surface area (Å²) in [5.41, 5.74) is 8.37. The molecule has 3 rings (SSSR count). The van der Waals surface area contributed by atoms with Gasteiger partial charge in [0.25, 0.3) is 5.91 Å². The van der Waals surface area contributed by atoms with Crippen molar-refractivity contribution >= 4 is 55.6 Å². The summed E-state index contributed by atoms with van der Waals surface area (Å²) in [7, 11) is 0. The first-order chi connectivity index (χ1) is 13.6. The van der Waals surface area contributed by atoms with Crippen LogP contribution in [-0.2, 0) is 11.2 Å². The Morgan fingerprint density at radius 2 is 1.89 bits per heavy atom. The van der Waals surface area contributed by atoms with Gasteiger partial charge in [0.2, 0.25) is 0 Å². The first-order valence-electron chi connectivity index (χ1n) is 9.18. The van der Waals surface area contributed by atoms with Crippen molar-refractivity contribution in [2.45, 2.75) is 26.2 Å². The standard InChI is InChI=1S/C20H23N5OS2/c1-2-3-6-14-9-11-15(12-10-14)22-19(27)25-24-18(26)13-21-20-23-16-7-4-5-8-17(16)28-20/h4-5,7-12H,2-3,6,13H2,1H3,(H,21,23)(H,24,26)(H2,22,25,27). The van der Waals surface area contributed by atoms with E-state index in [1.54, 1.807) is 0 Å². The van der Waals surface area contributed by atoms with E-state index >= 15 is 0 Å². The molecule has 0 aliphatic carbocycles. The lowest BCUT2D eigenvalue weighted by molar-refractivity contribution is -0.119. The lowest BCUT2D eigenvalue weighted by Gasteiger charge is -2.12. The molecule has 4 N–H and O–H groups in total. The number of benzene rings is 2. The Kier molecular flexibility index (Phi) is 7.16. The second-order valence-electron chi connectivity index (χ2n) is 6.27. The molecule has 1 aromatic heterocycles. The van der Waals surface area contributed by atoms with Gasteiger partial charge in [-0.2, -0.15) is 0 Å². The summed E-state index contributed by atoms with van der Waals surface area (Å²) in [6, 6.07) is 16.0. The average Bonchev–Trinajstić information content (AvgIpc) is 3.13. The Balaban J connectivity index is 1.39. The molecule has 3 aromatic rings. The summed E-state index contributed by atoms with van der Waals surface area (Å²) < 4.78 is 1.08. The number of unbranched alkanes of at least 4 members (excludes halogenated alkanes) is 1. The number of thiocarbonyl (C=S) groups is 1. The van der Waals surface area contributed by atoms with Crippen LogP contribution in [0.1, 0.15) is 25.3 Å². The number of carbonyl (C=O) groups is 1. The van der Waals surface area contributed by atoms with Crippen LogP contribution in [0.3, 0.4) is 0 Å². The van der Waals surface area contributed by atoms with Gasteiger partial charge >= 0.3 is 0 Å². The van der Waals surface area contributed by atoms with E-state index in [9.17, 15) is 4.79 Å². The summed E-state index contributed by atoms with van der Waals surface area (Å²) in [6.07, 6.45) is 3.45. The van der Waals surface area contributed by atoms with Crippen molar-refractivity contribution in [3.05, 3.63) is 54.1 Å². The molecular weight excluding hydrogens is 390 g/mol. The summed E-state index contributed by atoms with van der Waals surface area (Å²) in [6.45, 7) is 2.28. The molecule has 2 aromatic carbocycles. The van der Waals surface area contributed by atoms with Crippen molar-refractivity contribution in [3.8, 4) is 0 Å². The summed E-state index contributed by atoms with van der Waals surface area (Å²) in [5.74, 6) is -0.238. The minimum atomic E-state index is -0.238. The van der Waals surface area contributed by atoms with E-state index < -0.39 is 0 Å². The van der Waals surface area contributed by atoms with E-state index in [4.69, 9.17) is 12.2 Å². The van der Waals surface area contributed by atoms with Crippen molar-refractivity contribution in [3.63, 3.8) is 0 Å². The van der Waals surface area contributed by atoms with Crippen LogP contribution in [-0.4, -0.2) is 22.5 Å². The molecular formula is C20H23N5OS2. The first-order valence-corrected chi connectivity index (χ1v) is 10.4. The number of rotatable bonds is 7. The number of nitrogens with one attached hydrogen (secondary N) is 4. The Labute approximate surface area is 173 Å². The number of hydrogen-bond donors (Lipinski definition) is 4. The zero-order valence-electron chi connectivity index (χ0n) is 15.6. The summed E-state index contributed by atoms with van der Waals surface area (Å²) in [4.78, 5) is 16.4. The van der Waals surface area contributed by atoms with Crippen LogP contribution in [0, 0.1) is 0 Å². The third-order valence-corrected chi connectivity index (χ3v) is 5.24. The minimum absolute atomic E-state index is 0.0988. The maximum Gasteiger partial charge on any atom is 0.257 e. The van der Waals surface area contributed by atoms with Gasteiger partial charge in [0.15, 0.2) is 10.2 Å². The summed E-state index contributed by atoms with van der Waals surface area (Å²) in [5, 5.41) is 7.11. The maximum atomic E-state index is 12.0. The highest BCUT2D eigenvalue weighted by molar-refractivity contribution is 7.80. The quantitative estimate of drug-likeness (QED) is 0.346. The third kappa shape index (κ3) is 5.90. The number of carbonyl (C=O) groups excluding carboxylic acids is 1. The van der Waals surface area contributed by atoms with Gasteiger partial charge < -0.3 is 10.6 Å². The number of hydrogen-bond acceptors (Lipinski definition) is 5. The smallest absolute Gasteiger partial charge is 0.257 e. The van der Waals surface area contributed by atoms with Crippen LogP contribution < -0.4 is 21.5 Å². The van der Waals surface area contributed by atoms with Gasteiger partial charge in [-0.05, 0) is 54.9 Å². The topological polar surface area (TPSA) is 78.1 Å². The lowest BCUT2D eigenvalue weighted by atomic mass is 10.1. The van der Waals surface area contributed by atoms with Gasteiger partial charge in [-0.25, -0.2) is 4.98 Å². The number of anilines is 2. The third-order valence-electron chi connectivity index (χ3n) is 4.04. The van der Waals surface area contributed by atoms with Crippen LogP contribution in [0.2, 0.25) is 0 Å². The van der Waals surface area contributed by atoms with E-state index in [0.717, 1.165) is 22.3 Å². The zero-order chi connectivity index (χ0) is 19.8. The Morgan fingerprint density at radius 3 is 2.64 bits per heavy atom. The number of aromatic nitrogens is 1. The van der Waals surface area contributed by atoms with Crippen molar-refractivity contribution in [1.82, 2.24) is 15.8 Å². The number of aryl methyl sites for hydroxylation is 1. The fraction of sp³-hybridized carbons (Fsp3) is 0.250. The van der Waals surface area contributed by atoms with Crippen LogP contribution in [0.15, 0.2) is 48.5 Å². The molecule has 8 heteroatoms. The van der Waals surface area contributed by atoms with E-state index in [1.807, 2.05) is 36.4 Å². The SMILES string of the molecule is CCCCc1ccc(NC(=S)NNC(=O)CNc2nc3ccccc3s2)cc1. The van der Waals surface area contributed by atoms with Crippen LogP contribution >= 0.6 is 23.6 Å². The Bertz CT molecular complexity index is 906. The fourth-order valence-electron chi connectivity index (χ4n) is 2.57. The fourth-order valence-corrected chi connectivity index (χ4v) is 3.60. The number of hydrazine groups is 1. The molecule has 1 heterocycles. The normalized spacial score (nSPS) is 10.5. The molecule has 0 unspecified atom stereocenters. The largest absolute Gasteiger partial charge is 0.352 e. The molecule has 0 atom stereocenters. The molecule has 0 saturated carbocycles. The number of thiazole rings is 1. The predicted octanol–water partition coefficient (Wildman–Crippen LogP) is 4.07. The second kappa shape index (κ2) is 10.0. The monoisotopic (exact) mass is 413 g/mol. The molecule has 0 aliphatic rings. The van der Waals surface area contributed by atoms with Crippen molar-refractivity contribution in [2.75, 3.05) is 17.2 Å². The Morgan fingerprint density at radius 1 is 1.11 bits per heavy atom. The highest BCUT2D eigenvalue weighted by Gasteiger charge is 2.06. The zero-order valence-corrected chi connectivity index (χ0v) is 17.3. The molecule has 146 valence electrons. The first kappa shape index (κ1) is 20.0. The summed E-state index contributed by atoms with van der Waals surface area (Å²) >= 11 is 6.72. The molecule has 6 nitrogen and oxygen atoms in total. The second-order valence-corrected chi connectivity index (χ2v) is 7.71. The molecule has 0 saturated heterocycles. The van der Waals surface area contributed by atoms with Crippen LogP contribution in [0.25, 0.3) is 10.2 Å². The van der Waals surface area contributed by atoms with Crippen molar-refractivity contribution in [1.29, 1.82) is 0 Å². The van der Waals surface area contributed by atoms with Crippen LogP contribution in [0.5, 0.6) is 0 Å². The van der Waals surface area contributed by atoms with Gasteiger partial charge in [0.05, 0.1) is 16.8 Å².